The Hall–Kier alpha value is -1.33. The molecule has 0 saturated carbocycles. The van der Waals surface area contributed by atoms with Crippen LogP contribution in [-0.2, 0) is 11.3 Å². The Bertz CT molecular complexity index is 368. The van der Waals surface area contributed by atoms with E-state index < -0.39 is 5.97 Å². The summed E-state index contributed by atoms with van der Waals surface area (Å²) in [6.45, 7) is 0.196. The number of rotatable bonds is 3. The number of ether oxygens (including phenoxy) is 1. The number of aromatic carboxylic acids is 1. The van der Waals surface area contributed by atoms with Gasteiger partial charge in [-0.3, -0.25) is 0 Å². The van der Waals surface area contributed by atoms with Gasteiger partial charge in [0.2, 0.25) is 0 Å². The fourth-order valence-electron chi connectivity index (χ4n) is 0.968. The quantitative estimate of drug-likeness (QED) is 0.792. The zero-order valence-electron chi connectivity index (χ0n) is 7.45. The monoisotopic (exact) mass is 216 g/mol. The van der Waals surface area contributed by atoms with Crippen LogP contribution in [0.1, 0.15) is 16.2 Å². The van der Waals surface area contributed by atoms with E-state index >= 15 is 0 Å². The third kappa shape index (κ3) is 2.12. The van der Waals surface area contributed by atoms with Gasteiger partial charge in [-0.2, -0.15) is 0 Å². The Morgan fingerprint density at radius 1 is 1.79 bits per heavy atom. The molecule has 0 unspecified atom stereocenters. The number of methoxy groups -OCH3 is 1. The van der Waals surface area contributed by atoms with Crippen LogP contribution in [0.2, 0.25) is 5.02 Å². The maximum absolute atomic E-state index is 10.7. The fraction of sp³-hybridized carbons (Fsp3) is 0.250. The lowest BCUT2D eigenvalue weighted by molar-refractivity contribution is 0.0689. The summed E-state index contributed by atoms with van der Waals surface area (Å²) in [7, 11) is 1.48. The van der Waals surface area contributed by atoms with Crippen LogP contribution in [0.5, 0.6) is 0 Å². The van der Waals surface area contributed by atoms with Crippen LogP contribution in [0.15, 0.2) is 6.07 Å². The summed E-state index contributed by atoms with van der Waals surface area (Å²) in [5.74, 6) is -1.21. The fourth-order valence-corrected chi connectivity index (χ4v) is 1.15. The van der Waals surface area contributed by atoms with Crippen LogP contribution in [0.25, 0.3) is 0 Å². The second-order valence-corrected chi connectivity index (χ2v) is 2.98. The number of nitrogen functional groups attached to an aromatic ring is 1. The maximum Gasteiger partial charge on any atom is 0.356 e. The Morgan fingerprint density at radius 3 is 2.93 bits per heavy atom. The Balaban J connectivity index is 3.21. The van der Waals surface area contributed by atoms with E-state index in [1.165, 1.54) is 13.2 Å². The molecule has 0 aliphatic rings. The van der Waals surface area contributed by atoms with E-state index in [1.54, 1.807) is 0 Å². The van der Waals surface area contributed by atoms with Crippen molar-refractivity contribution < 1.29 is 14.6 Å². The van der Waals surface area contributed by atoms with Crippen molar-refractivity contribution in [3.05, 3.63) is 22.5 Å². The normalized spacial score (nSPS) is 10.1. The van der Waals surface area contributed by atoms with Crippen molar-refractivity contribution in [1.29, 1.82) is 0 Å². The third-order valence-electron chi connectivity index (χ3n) is 1.53. The molecule has 0 radical (unpaired) electrons. The van der Waals surface area contributed by atoms with Crippen molar-refractivity contribution >= 4 is 23.3 Å². The van der Waals surface area contributed by atoms with Crippen molar-refractivity contribution in [1.82, 2.24) is 4.98 Å². The Morgan fingerprint density at radius 2 is 2.43 bits per heavy atom. The average Bonchev–Trinajstić information content (AvgIpc) is 2.11. The number of carboxylic acids is 1. The predicted molar refractivity (Wildman–Crippen MR) is 51.3 cm³/mol. The van der Waals surface area contributed by atoms with E-state index in [9.17, 15) is 4.79 Å². The van der Waals surface area contributed by atoms with Gasteiger partial charge in [-0.1, -0.05) is 11.6 Å². The predicted octanol–water partition coefficient (Wildman–Crippen LogP) is 1.16. The first kappa shape index (κ1) is 10.7. The highest BCUT2D eigenvalue weighted by Crippen LogP contribution is 2.23. The number of pyridine rings is 1. The zero-order valence-corrected chi connectivity index (χ0v) is 8.21. The summed E-state index contributed by atoms with van der Waals surface area (Å²) in [4.78, 5) is 14.5. The number of carbonyl (C=O) groups is 1. The molecule has 14 heavy (non-hydrogen) atoms. The molecule has 3 N–H and O–H groups in total. The average molecular weight is 217 g/mol. The third-order valence-corrected chi connectivity index (χ3v) is 1.93. The second-order valence-electron chi connectivity index (χ2n) is 2.60. The van der Waals surface area contributed by atoms with Crippen LogP contribution in [-0.4, -0.2) is 23.2 Å². The van der Waals surface area contributed by atoms with Gasteiger partial charge in [0.25, 0.3) is 0 Å². The number of nitrogens with two attached hydrogens (primary N) is 1. The summed E-state index contributed by atoms with van der Waals surface area (Å²) in [5.41, 5.74) is 5.87. The molecule has 6 heteroatoms. The molecule has 0 atom stereocenters. The Kier molecular flexibility index (Phi) is 3.27. The highest BCUT2D eigenvalue weighted by atomic mass is 35.5. The van der Waals surface area contributed by atoms with Gasteiger partial charge in [-0.25, -0.2) is 9.78 Å². The van der Waals surface area contributed by atoms with Crippen LogP contribution < -0.4 is 5.73 Å². The van der Waals surface area contributed by atoms with E-state index in [4.69, 9.17) is 27.2 Å². The first-order chi connectivity index (χ1) is 6.56. The van der Waals surface area contributed by atoms with Gasteiger partial charge >= 0.3 is 5.97 Å². The molecule has 0 aromatic carbocycles. The number of halogens is 1. The van der Waals surface area contributed by atoms with E-state index in [-0.39, 0.29) is 23.0 Å². The van der Waals surface area contributed by atoms with E-state index in [1.807, 2.05) is 0 Å². The highest BCUT2D eigenvalue weighted by molar-refractivity contribution is 6.35. The largest absolute Gasteiger partial charge is 0.476 e. The van der Waals surface area contributed by atoms with Crippen molar-refractivity contribution in [2.45, 2.75) is 6.61 Å². The molecule has 0 fully saturated rings. The van der Waals surface area contributed by atoms with Crippen molar-refractivity contribution in [3.8, 4) is 0 Å². The second kappa shape index (κ2) is 4.26. The molecular formula is C8H9ClN2O3. The summed E-state index contributed by atoms with van der Waals surface area (Å²) < 4.78 is 4.80. The number of nitrogens with zero attached hydrogens (tertiary/aromatic N) is 1. The van der Waals surface area contributed by atoms with Gasteiger partial charge in [0, 0.05) is 7.11 Å². The molecule has 0 aliphatic heterocycles. The lowest BCUT2D eigenvalue weighted by Crippen LogP contribution is -2.07. The van der Waals surface area contributed by atoms with Crippen LogP contribution >= 0.6 is 11.6 Å². The van der Waals surface area contributed by atoms with Gasteiger partial charge in [0.1, 0.15) is 0 Å². The van der Waals surface area contributed by atoms with Crippen LogP contribution in [0, 0.1) is 0 Å². The number of hydrogen-bond acceptors (Lipinski definition) is 4. The van der Waals surface area contributed by atoms with Crippen LogP contribution in [0.3, 0.4) is 0 Å². The smallest absolute Gasteiger partial charge is 0.356 e. The molecule has 1 heterocycles. The van der Waals surface area contributed by atoms with E-state index in [0.717, 1.165) is 0 Å². The van der Waals surface area contributed by atoms with E-state index in [2.05, 4.69) is 4.98 Å². The molecule has 0 amide bonds. The number of hydrogen-bond donors (Lipinski definition) is 2. The highest BCUT2D eigenvalue weighted by Gasteiger charge is 2.14. The summed E-state index contributed by atoms with van der Waals surface area (Å²) in [5, 5.41) is 8.70. The Labute approximate surface area is 85.5 Å². The molecule has 0 bridgehead atoms. The minimum absolute atomic E-state index is 0.0441. The van der Waals surface area contributed by atoms with Crippen LogP contribution in [0.4, 0.5) is 5.69 Å². The van der Waals surface area contributed by atoms with Gasteiger partial charge in [0.15, 0.2) is 5.69 Å². The van der Waals surface area contributed by atoms with Gasteiger partial charge in [-0.15, -0.1) is 0 Å². The maximum atomic E-state index is 10.7. The summed E-state index contributed by atoms with van der Waals surface area (Å²) in [6.07, 6.45) is 0. The lowest BCUT2D eigenvalue weighted by atomic mass is 10.2. The molecular weight excluding hydrogens is 208 g/mol. The zero-order chi connectivity index (χ0) is 10.7. The minimum atomic E-state index is -1.21. The standard InChI is InChI=1S/C8H9ClN2O3/c1-14-3-4-2-5(10)6(9)7(11-4)8(12)13/h2H,3H2,1H3,(H2,10,11)(H,12,13). The summed E-state index contributed by atoms with van der Waals surface area (Å²) in [6, 6.07) is 1.48. The number of anilines is 1. The minimum Gasteiger partial charge on any atom is -0.476 e. The molecule has 1 rings (SSSR count). The first-order valence-electron chi connectivity index (χ1n) is 3.73. The van der Waals surface area contributed by atoms with Crippen molar-refractivity contribution in [2.75, 3.05) is 12.8 Å². The summed E-state index contributed by atoms with van der Waals surface area (Å²) >= 11 is 5.65. The topological polar surface area (TPSA) is 85.4 Å². The molecule has 1 aromatic rings. The van der Waals surface area contributed by atoms with Gasteiger partial charge in [-0.05, 0) is 6.07 Å². The molecule has 76 valence electrons. The van der Waals surface area contributed by atoms with Crippen molar-refractivity contribution in [2.24, 2.45) is 0 Å². The molecule has 0 aliphatic carbocycles. The molecule has 0 saturated heterocycles. The van der Waals surface area contributed by atoms with Gasteiger partial charge < -0.3 is 15.6 Å². The number of carboxylic acid groups (broad SMARTS) is 1. The molecule has 0 spiro atoms. The SMILES string of the molecule is COCc1cc(N)c(Cl)c(C(=O)O)n1. The lowest BCUT2D eigenvalue weighted by Gasteiger charge is -2.05. The van der Waals surface area contributed by atoms with Crippen molar-refractivity contribution in [3.63, 3.8) is 0 Å². The first-order valence-corrected chi connectivity index (χ1v) is 4.11. The number of aromatic nitrogens is 1. The van der Waals surface area contributed by atoms with Gasteiger partial charge in [0.05, 0.1) is 23.0 Å². The molecule has 5 nitrogen and oxygen atoms in total. The molecule has 1 aromatic heterocycles. The van der Waals surface area contributed by atoms with E-state index in [0.29, 0.717) is 5.69 Å².